The molecule has 0 amide bonds. The average Bonchev–Trinajstić information content (AvgIpc) is 2.06. The molecule has 0 aliphatic rings. The van der Waals surface area contributed by atoms with Crippen molar-refractivity contribution < 1.29 is 17.6 Å². The van der Waals surface area contributed by atoms with Gasteiger partial charge in [0.2, 0.25) is 0 Å². The topological polar surface area (TPSA) is 0 Å². The number of alkyl halides is 3. The summed E-state index contributed by atoms with van der Waals surface area (Å²) in [5, 5.41) is 0. The number of halogens is 4. The zero-order chi connectivity index (χ0) is 10.8. The highest BCUT2D eigenvalue weighted by Gasteiger charge is 2.31. The fourth-order valence-corrected chi connectivity index (χ4v) is 1.68. The lowest BCUT2D eigenvalue weighted by Gasteiger charge is -2.10. The molecule has 0 aliphatic heterocycles. The van der Waals surface area contributed by atoms with E-state index >= 15 is 0 Å². The van der Waals surface area contributed by atoms with Gasteiger partial charge in [-0.25, -0.2) is 4.39 Å². The number of thioether (sulfide) groups is 1. The molecule has 77 valence electrons. The molecule has 0 bridgehead atoms. The minimum atomic E-state index is -4.47. The van der Waals surface area contributed by atoms with Crippen LogP contribution in [0.4, 0.5) is 17.6 Å². The second kappa shape index (κ2) is 4.21. The largest absolute Gasteiger partial charge is 0.446 e. The summed E-state index contributed by atoms with van der Waals surface area (Å²) in [6, 6.07) is 3.81. The highest BCUT2D eigenvalue weighted by Crippen LogP contribution is 2.39. The molecule has 0 nitrogen and oxygen atoms in total. The van der Waals surface area contributed by atoms with Crippen LogP contribution in [0, 0.1) is 12.7 Å². The maximum Gasteiger partial charge on any atom is 0.446 e. The van der Waals surface area contributed by atoms with Crippen molar-refractivity contribution in [3.63, 3.8) is 0 Å². The second-order valence-corrected chi connectivity index (χ2v) is 3.60. The molecule has 1 aromatic carbocycles. The Balaban J connectivity index is 3.05. The van der Waals surface area contributed by atoms with Crippen molar-refractivity contribution in [2.75, 3.05) is 0 Å². The third kappa shape index (κ3) is 2.90. The minimum Gasteiger partial charge on any atom is -0.206 e. The lowest BCUT2D eigenvalue weighted by atomic mass is 10.2. The summed E-state index contributed by atoms with van der Waals surface area (Å²) < 4.78 is 49.1. The maximum absolute atomic E-state index is 13.0. The highest BCUT2D eigenvalue weighted by molar-refractivity contribution is 8.00. The quantitative estimate of drug-likeness (QED) is 0.542. The van der Waals surface area contributed by atoms with Gasteiger partial charge in [0.25, 0.3) is 0 Å². The van der Waals surface area contributed by atoms with Crippen LogP contribution in [0.5, 0.6) is 0 Å². The number of hydrogen-bond acceptors (Lipinski definition) is 1. The Morgan fingerprint density at radius 1 is 1.29 bits per heavy atom. The van der Waals surface area contributed by atoms with Crippen molar-refractivity contribution >= 4 is 11.8 Å². The molecule has 0 atom stereocenters. The van der Waals surface area contributed by atoms with E-state index in [0.29, 0.717) is 0 Å². The van der Waals surface area contributed by atoms with Gasteiger partial charge in [-0.1, -0.05) is 12.1 Å². The first-order valence-electron chi connectivity index (χ1n) is 3.76. The third-order valence-corrected chi connectivity index (χ3v) is 2.43. The summed E-state index contributed by atoms with van der Waals surface area (Å²) in [4.78, 5) is -0.380. The molecule has 0 unspecified atom stereocenters. The SMILES string of the molecule is [CH2]Cc1cccc(F)c1SC(F)(F)F. The van der Waals surface area contributed by atoms with Crippen LogP contribution in [-0.4, -0.2) is 5.51 Å². The van der Waals surface area contributed by atoms with Gasteiger partial charge in [-0.2, -0.15) is 13.2 Å². The van der Waals surface area contributed by atoms with Gasteiger partial charge < -0.3 is 0 Å². The fraction of sp³-hybridized carbons (Fsp3) is 0.222. The molecule has 0 aromatic heterocycles. The van der Waals surface area contributed by atoms with Gasteiger partial charge in [0, 0.05) is 0 Å². The van der Waals surface area contributed by atoms with Gasteiger partial charge in [0.1, 0.15) is 5.82 Å². The van der Waals surface area contributed by atoms with Crippen LogP contribution in [0.2, 0.25) is 0 Å². The first-order chi connectivity index (χ1) is 6.44. The van der Waals surface area contributed by atoms with Crippen molar-refractivity contribution in [2.24, 2.45) is 0 Å². The summed E-state index contributed by atoms with van der Waals surface area (Å²) in [6.07, 6.45) is 0.135. The number of rotatable bonds is 2. The highest BCUT2D eigenvalue weighted by atomic mass is 32.2. The Kier molecular flexibility index (Phi) is 3.42. The van der Waals surface area contributed by atoms with Gasteiger partial charge in [-0.05, 0) is 36.7 Å². The molecule has 0 saturated carbocycles. The summed E-state index contributed by atoms with van der Waals surface area (Å²) in [7, 11) is 0. The van der Waals surface area contributed by atoms with Crippen molar-refractivity contribution in [1.29, 1.82) is 0 Å². The van der Waals surface area contributed by atoms with E-state index in [1.807, 2.05) is 0 Å². The molecule has 14 heavy (non-hydrogen) atoms. The summed E-state index contributed by atoms with van der Waals surface area (Å²) in [6.45, 7) is 3.44. The molecule has 1 aromatic rings. The Morgan fingerprint density at radius 2 is 1.93 bits per heavy atom. The molecule has 0 fully saturated rings. The predicted octanol–water partition coefficient (Wildman–Crippen LogP) is 3.81. The van der Waals surface area contributed by atoms with Gasteiger partial charge in [0.05, 0.1) is 4.90 Å². The molecule has 0 heterocycles. The maximum atomic E-state index is 13.0. The van der Waals surface area contributed by atoms with Crippen LogP contribution in [0.25, 0.3) is 0 Å². The van der Waals surface area contributed by atoms with Gasteiger partial charge in [0.15, 0.2) is 0 Å². The Hall–Kier alpha value is -0.710. The normalized spacial score (nSPS) is 11.8. The molecule has 0 spiro atoms. The Bertz CT molecular complexity index is 319. The Labute approximate surface area is 83.3 Å². The predicted molar refractivity (Wildman–Crippen MR) is 47.4 cm³/mol. The molecule has 0 aliphatic carbocycles. The van der Waals surface area contributed by atoms with E-state index in [4.69, 9.17) is 0 Å². The monoisotopic (exact) mass is 223 g/mol. The first kappa shape index (κ1) is 11.4. The van der Waals surface area contributed by atoms with Gasteiger partial charge in [-0.15, -0.1) is 0 Å². The molecule has 0 N–H and O–H groups in total. The minimum absolute atomic E-state index is 0.135. The summed E-state index contributed by atoms with van der Waals surface area (Å²) in [5.74, 6) is -0.853. The summed E-state index contributed by atoms with van der Waals surface area (Å²) >= 11 is -0.436. The van der Waals surface area contributed by atoms with E-state index in [1.54, 1.807) is 0 Å². The molecule has 1 radical (unpaired) electrons. The van der Waals surface area contributed by atoms with Crippen LogP contribution in [0.3, 0.4) is 0 Å². The molecular formula is C9H7F4S. The van der Waals surface area contributed by atoms with Crippen LogP contribution >= 0.6 is 11.8 Å². The van der Waals surface area contributed by atoms with Crippen molar-refractivity contribution in [2.45, 2.75) is 16.8 Å². The molecule has 0 saturated heterocycles. The van der Waals surface area contributed by atoms with Crippen LogP contribution < -0.4 is 0 Å². The fourth-order valence-electron chi connectivity index (χ4n) is 0.980. The van der Waals surface area contributed by atoms with E-state index in [0.717, 1.165) is 6.07 Å². The van der Waals surface area contributed by atoms with Crippen LogP contribution in [-0.2, 0) is 6.42 Å². The lowest BCUT2D eigenvalue weighted by Crippen LogP contribution is -2.02. The lowest BCUT2D eigenvalue weighted by molar-refractivity contribution is -0.0329. The summed E-state index contributed by atoms with van der Waals surface area (Å²) in [5.41, 5.74) is -4.20. The third-order valence-electron chi connectivity index (χ3n) is 1.54. The zero-order valence-corrected chi connectivity index (χ0v) is 7.88. The first-order valence-corrected chi connectivity index (χ1v) is 4.58. The van der Waals surface area contributed by atoms with Crippen molar-refractivity contribution in [3.05, 3.63) is 36.5 Å². The van der Waals surface area contributed by atoms with E-state index in [2.05, 4.69) is 6.92 Å². The number of benzene rings is 1. The van der Waals surface area contributed by atoms with Crippen LogP contribution in [0.15, 0.2) is 23.1 Å². The second-order valence-electron chi connectivity index (χ2n) is 2.53. The van der Waals surface area contributed by atoms with Gasteiger partial charge in [-0.3, -0.25) is 0 Å². The number of hydrogen-bond donors (Lipinski definition) is 0. The van der Waals surface area contributed by atoms with Gasteiger partial charge >= 0.3 is 5.51 Å². The van der Waals surface area contributed by atoms with Crippen LogP contribution in [0.1, 0.15) is 5.56 Å². The van der Waals surface area contributed by atoms with E-state index in [1.165, 1.54) is 12.1 Å². The van der Waals surface area contributed by atoms with E-state index < -0.39 is 23.1 Å². The average molecular weight is 223 g/mol. The van der Waals surface area contributed by atoms with E-state index in [-0.39, 0.29) is 16.9 Å². The zero-order valence-electron chi connectivity index (χ0n) is 7.07. The van der Waals surface area contributed by atoms with E-state index in [9.17, 15) is 17.6 Å². The molecular weight excluding hydrogens is 216 g/mol. The Morgan fingerprint density at radius 3 is 2.43 bits per heavy atom. The van der Waals surface area contributed by atoms with Crippen molar-refractivity contribution in [1.82, 2.24) is 0 Å². The van der Waals surface area contributed by atoms with Crippen molar-refractivity contribution in [3.8, 4) is 0 Å². The molecule has 5 heteroatoms. The smallest absolute Gasteiger partial charge is 0.206 e. The standard InChI is InChI=1S/C9H7F4S/c1-2-6-4-3-5-7(10)8(6)14-9(11,12)13/h3-5H,1-2H2. The molecule has 1 rings (SSSR count).